The lowest BCUT2D eigenvalue weighted by molar-refractivity contribution is -0.124. The molecule has 13 rings (SSSR count). The van der Waals surface area contributed by atoms with E-state index in [1.54, 1.807) is 6.92 Å². The zero-order valence-corrected chi connectivity index (χ0v) is 65.2. The highest BCUT2D eigenvalue weighted by Gasteiger charge is 2.34. The molecule has 568 valence electrons. The number of nitrogens with zero attached hydrogens (tertiary/aromatic N) is 4. The van der Waals surface area contributed by atoms with Gasteiger partial charge in [-0.3, -0.25) is 38.6 Å². The minimum atomic E-state index is -0.920. The second kappa shape index (κ2) is 40.9. The van der Waals surface area contributed by atoms with Crippen LogP contribution in [-0.4, -0.2) is 128 Å². The van der Waals surface area contributed by atoms with Gasteiger partial charge in [0.25, 0.3) is 5.91 Å². The molecule has 4 aliphatic rings. The van der Waals surface area contributed by atoms with Crippen molar-refractivity contribution in [1.82, 2.24) is 14.7 Å². The maximum Gasteiger partial charge on any atom is 0.253 e. The summed E-state index contributed by atoms with van der Waals surface area (Å²) in [6.45, 7) is 22.3. The van der Waals surface area contributed by atoms with Gasteiger partial charge in [-0.05, 0) is 207 Å². The molecule has 9 aromatic rings. The van der Waals surface area contributed by atoms with Crippen molar-refractivity contribution in [3.05, 3.63) is 280 Å². The number of carbonyl (C=O) groups is 6. The quantitative estimate of drug-likeness (QED) is 0.0508. The van der Waals surface area contributed by atoms with Crippen LogP contribution in [0, 0.1) is 59.3 Å². The molecule has 7 unspecified atom stereocenters. The fourth-order valence-electron chi connectivity index (χ4n) is 13.1. The van der Waals surface area contributed by atoms with E-state index in [-0.39, 0.29) is 59.4 Å². The maximum atomic E-state index is 12.7. The van der Waals surface area contributed by atoms with Gasteiger partial charge < -0.3 is 52.5 Å². The van der Waals surface area contributed by atoms with E-state index < -0.39 is 12.1 Å². The number of para-hydroxylation sites is 1. The lowest BCUT2D eigenvalue weighted by atomic mass is 9.92. The molecule has 0 aliphatic carbocycles. The molecule has 7 atom stereocenters. The average Bonchev–Trinajstić information content (AvgIpc) is 0.997. The average molecular weight is 1460 g/mol. The van der Waals surface area contributed by atoms with E-state index in [0.29, 0.717) is 24.4 Å². The number of anilines is 7. The molecule has 1 saturated heterocycles. The normalized spacial score (nSPS) is 17.5. The molecule has 4 heterocycles. The summed E-state index contributed by atoms with van der Waals surface area (Å²) in [5.41, 5.74) is 25.1. The van der Waals surface area contributed by atoms with Gasteiger partial charge in [0, 0.05) is 79.6 Å². The highest BCUT2D eigenvalue weighted by molar-refractivity contribution is 5.98. The van der Waals surface area contributed by atoms with Crippen molar-refractivity contribution in [1.29, 1.82) is 0 Å². The van der Waals surface area contributed by atoms with Crippen molar-refractivity contribution in [2.45, 2.75) is 125 Å². The molecule has 18 heteroatoms. The number of hydrogen-bond acceptors (Lipinski definition) is 12. The third kappa shape index (κ3) is 25.3. The van der Waals surface area contributed by atoms with Crippen LogP contribution >= 0.6 is 0 Å². The van der Waals surface area contributed by atoms with Gasteiger partial charge in [-0.25, -0.2) is 0 Å². The number of carbonyl (C=O) groups excluding carboxylic acids is 6. The van der Waals surface area contributed by atoms with E-state index in [9.17, 15) is 33.9 Å². The molecule has 0 aromatic heterocycles. The molecule has 9 aromatic carbocycles. The number of hydrogen-bond donors (Lipinski definition) is 8. The minimum absolute atomic E-state index is 0.00815. The summed E-state index contributed by atoms with van der Waals surface area (Å²) in [6, 6.07) is 70.9. The summed E-state index contributed by atoms with van der Waals surface area (Å²) in [5.74, 6) is 0.404. The molecule has 0 radical (unpaired) electrons. The second-order valence-electron chi connectivity index (χ2n) is 29.0. The number of nitrogens with one attached hydrogen (secondary N) is 6. The molecule has 108 heavy (non-hydrogen) atoms. The molecule has 0 spiro atoms. The minimum Gasteiger partial charge on any atom is -0.383 e. The first kappa shape index (κ1) is 83.0. The highest BCUT2D eigenvalue weighted by Crippen LogP contribution is 2.32. The van der Waals surface area contributed by atoms with Gasteiger partial charge >= 0.3 is 0 Å². The second-order valence-corrected chi connectivity index (χ2v) is 29.0. The predicted molar refractivity (Wildman–Crippen MR) is 441 cm³/mol. The highest BCUT2D eigenvalue weighted by atomic mass is 16.3. The predicted octanol–water partition coefficient (Wildman–Crippen LogP) is 14.9. The van der Waals surface area contributed by atoms with Crippen LogP contribution in [0.3, 0.4) is 0 Å². The number of rotatable bonds is 14. The smallest absolute Gasteiger partial charge is 0.253 e. The van der Waals surface area contributed by atoms with Crippen LogP contribution in [0.25, 0.3) is 0 Å². The van der Waals surface area contributed by atoms with Crippen molar-refractivity contribution in [3.63, 3.8) is 0 Å². The Morgan fingerprint density at radius 3 is 1.28 bits per heavy atom. The molecule has 4 aliphatic heterocycles. The van der Waals surface area contributed by atoms with Crippen LogP contribution in [0.1, 0.15) is 101 Å². The first-order valence-corrected chi connectivity index (χ1v) is 37.5. The Labute approximate surface area is 639 Å². The Morgan fingerprint density at radius 2 is 0.824 bits per heavy atom. The Bertz CT molecular complexity index is 4320. The molecule has 6 amide bonds. The molecule has 9 N–H and O–H groups in total. The summed E-state index contributed by atoms with van der Waals surface area (Å²) in [7, 11) is 8.13. The molecular formula is C90H111N11O7. The summed E-state index contributed by atoms with van der Waals surface area (Å²) in [6.07, 6.45) is 2.73. The van der Waals surface area contributed by atoms with Gasteiger partial charge in [0.2, 0.25) is 29.5 Å². The van der Waals surface area contributed by atoms with Gasteiger partial charge in [0.05, 0.1) is 23.9 Å². The third-order valence-electron chi connectivity index (χ3n) is 19.8. The number of nitrogens with two attached hydrogens (primary N) is 1. The van der Waals surface area contributed by atoms with Crippen molar-refractivity contribution in [2.24, 2.45) is 23.5 Å². The first-order chi connectivity index (χ1) is 51.7. The van der Waals surface area contributed by atoms with E-state index in [1.165, 1.54) is 55.8 Å². The Morgan fingerprint density at radius 1 is 0.426 bits per heavy atom. The summed E-state index contributed by atoms with van der Waals surface area (Å²) in [5, 5.41) is 26.7. The standard InChI is InChI=1S/3C18H20N2O.C14H20N2O.C11H16N2O.C11H15NO2/c1-13-7-9-16(10-8-13)19-18(21)15-11-14-5-3-4-6-17(14)20(2)12-15;1-13-7-9-16(10-8-13)19-18(21)17-11-14-5-3-4-6-15(14)12-20(17)2;1-13-7-9-15(10-8-13)19-18(21)17-16-6-4-3-5-14(16)11-12-20(17)2;1-10-4-6-12(7-5-10)15-14(17)13-9-16(3)8-11(13)2;1-3-10(12)11(14)13-9-6-4-8(2)5-7-9;1-3-10(13)11(14)12-9-6-4-8(2)5-7-9/h3-10,15H,11-12H2,1-2H3,(H,19,21);2*3-10,17H,11-12H2,1-2H3,(H,19,21);4-7,11,13H,8-9H2,1-3H3,(H,15,17);4-7,10H,3,12H2,1-2H3,(H,13,14);4-7,10,13H,3H2,1-2H3,(H,12,14). The molecular weight excluding hydrogens is 1350 g/mol. The van der Waals surface area contributed by atoms with Crippen LogP contribution in [-0.2, 0) is 54.6 Å². The van der Waals surface area contributed by atoms with Crippen molar-refractivity contribution >= 4 is 75.3 Å². The van der Waals surface area contributed by atoms with Crippen LogP contribution in [0.15, 0.2) is 218 Å². The maximum absolute atomic E-state index is 12.7. The van der Waals surface area contributed by atoms with Crippen molar-refractivity contribution < 1.29 is 33.9 Å². The summed E-state index contributed by atoms with van der Waals surface area (Å²) >= 11 is 0. The zero-order chi connectivity index (χ0) is 78.0. The van der Waals surface area contributed by atoms with Crippen molar-refractivity contribution in [3.8, 4) is 0 Å². The van der Waals surface area contributed by atoms with Crippen LogP contribution in [0.5, 0.6) is 0 Å². The molecule has 0 saturated carbocycles. The largest absolute Gasteiger partial charge is 0.383 e. The van der Waals surface area contributed by atoms with Gasteiger partial charge in [0.15, 0.2) is 0 Å². The summed E-state index contributed by atoms with van der Waals surface area (Å²) in [4.78, 5) is 81.1. The van der Waals surface area contributed by atoms with Gasteiger partial charge in [-0.15, -0.1) is 0 Å². The number of aryl methyl sites for hydroxylation is 6. The number of likely N-dealkylation sites (N-methyl/N-ethyl adjacent to an activating group) is 2. The lowest BCUT2D eigenvalue weighted by Crippen LogP contribution is -2.45. The lowest BCUT2D eigenvalue weighted by Gasteiger charge is -2.33. The number of aliphatic hydroxyl groups excluding tert-OH is 1. The molecule has 1 fully saturated rings. The first-order valence-electron chi connectivity index (χ1n) is 37.5. The van der Waals surface area contributed by atoms with E-state index in [4.69, 9.17) is 5.73 Å². The van der Waals surface area contributed by atoms with E-state index in [2.05, 4.69) is 108 Å². The fraction of sp³-hybridized carbons (Fsp3) is 0.333. The number of amides is 6. The third-order valence-corrected chi connectivity index (χ3v) is 19.8. The van der Waals surface area contributed by atoms with Crippen LogP contribution in [0.4, 0.5) is 39.8 Å². The monoisotopic (exact) mass is 1460 g/mol. The van der Waals surface area contributed by atoms with E-state index in [0.717, 1.165) is 91.6 Å². The van der Waals surface area contributed by atoms with Crippen LogP contribution < -0.4 is 42.5 Å². The Kier molecular flexibility index (Phi) is 31.5. The topological polar surface area (TPSA) is 234 Å². The van der Waals surface area contributed by atoms with E-state index in [1.807, 2.05) is 246 Å². The Hall–Kier alpha value is -10.6. The SMILES string of the molecule is CCC(N)C(=O)Nc1ccc(C)cc1.CCC(O)C(=O)Nc1ccc(C)cc1.Cc1ccc(NC(=O)C2CN(C)CC2C)cc1.Cc1ccc(NC(=O)C2Cc3ccccc3CN2C)cc1.Cc1ccc(NC(=O)C2Cc3ccccc3N(C)C2)cc1.Cc1ccc(NC(=O)C2c3ccccc3CCN2C)cc1. The van der Waals surface area contributed by atoms with Gasteiger partial charge in [-0.1, -0.05) is 194 Å². The zero-order valence-electron chi connectivity index (χ0n) is 65.2. The van der Waals surface area contributed by atoms with E-state index >= 15 is 0 Å². The number of fused-ring (bicyclic) bond motifs is 3. The number of likely N-dealkylation sites (tertiary alicyclic amines) is 1. The van der Waals surface area contributed by atoms with Crippen molar-refractivity contribution in [2.75, 3.05) is 91.2 Å². The van der Waals surface area contributed by atoms with Crippen LogP contribution in [0.2, 0.25) is 0 Å². The number of benzene rings is 9. The van der Waals surface area contributed by atoms with Gasteiger partial charge in [-0.2, -0.15) is 0 Å². The fourth-order valence-corrected chi connectivity index (χ4v) is 13.1. The molecule has 0 bridgehead atoms. The number of aliphatic hydroxyl groups is 1. The Balaban J connectivity index is 0.000000165. The van der Waals surface area contributed by atoms with Gasteiger partial charge in [0.1, 0.15) is 12.1 Å². The molecule has 18 nitrogen and oxygen atoms in total. The summed E-state index contributed by atoms with van der Waals surface area (Å²) < 4.78 is 0.